The molecule has 0 aliphatic rings. The summed E-state index contributed by atoms with van der Waals surface area (Å²) in [6.07, 6.45) is 26.6. The third-order valence-electron chi connectivity index (χ3n) is 3.80. The molecule has 0 aromatic rings. The number of hydrogen-bond acceptors (Lipinski definition) is 5. The lowest BCUT2D eigenvalue weighted by atomic mass is 10.1. The quantitative estimate of drug-likeness (QED) is 0.152. The van der Waals surface area contributed by atoms with Gasteiger partial charge in [0.1, 0.15) is 12.7 Å². The van der Waals surface area contributed by atoms with Gasteiger partial charge in [0.15, 0.2) is 0 Å². The molecule has 28 heavy (non-hydrogen) atoms. The molecule has 0 aliphatic heterocycles. The van der Waals surface area contributed by atoms with Crippen molar-refractivity contribution in [3.8, 4) is 0 Å². The summed E-state index contributed by atoms with van der Waals surface area (Å²) >= 11 is 0. The Bertz CT molecular complexity index is 503. The van der Waals surface area contributed by atoms with Gasteiger partial charge in [-0.25, -0.2) is 4.79 Å². The summed E-state index contributed by atoms with van der Waals surface area (Å²) in [5, 5.41) is 26.3. The van der Waals surface area contributed by atoms with Crippen LogP contribution < -0.4 is 0 Å². The molecule has 158 valence electrons. The molecule has 0 heterocycles. The first-order chi connectivity index (χ1) is 13.7. The Morgan fingerprint density at radius 2 is 1.29 bits per heavy atom. The average Bonchev–Trinajstić information content (AvgIpc) is 2.71. The maximum absolute atomic E-state index is 11.3. The first kappa shape index (κ1) is 26.1. The maximum Gasteiger partial charge on any atom is 0.330 e. The Morgan fingerprint density at radius 1 is 0.750 bits per heavy atom. The molecule has 0 aromatic heterocycles. The summed E-state index contributed by atoms with van der Waals surface area (Å²) in [5.74, 6) is -0.562. The molecular formula is C23H36O5. The average molecular weight is 393 g/mol. The van der Waals surface area contributed by atoms with Crippen LogP contribution in [0.1, 0.15) is 51.4 Å². The molecule has 0 aromatic carbocycles. The largest absolute Gasteiger partial charge is 0.460 e. The van der Waals surface area contributed by atoms with E-state index in [1.165, 1.54) is 38.2 Å². The Balaban J connectivity index is 3.64. The highest BCUT2D eigenvalue weighted by molar-refractivity contribution is 5.82. The summed E-state index contributed by atoms with van der Waals surface area (Å²) in [6.45, 7) is -0.333. The minimum absolute atomic E-state index is 0.215. The molecule has 0 radical (unpaired) electrons. The standard InChI is InChI=1S/C23H36O5/c24-19-17-15-13-11-9-7-5-3-1-2-4-6-8-10-12-14-16-18-23(27)28-21-22(26)20-25/h1-2,4,6,8,10,12,14,16,18,22,24-26H,3,5,7,9,11,13,15,17,19-21H2/t22-/m0/s1. The summed E-state index contributed by atoms with van der Waals surface area (Å²) < 4.78 is 4.71. The molecule has 5 heteroatoms. The van der Waals surface area contributed by atoms with E-state index >= 15 is 0 Å². The van der Waals surface area contributed by atoms with Gasteiger partial charge in [-0.2, -0.15) is 0 Å². The predicted molar refractivity (Wildman–Crippen MR) is 114 cm³/mol. The van der Waals surface area contributed by atoms with Gasteiger partial charge in [-0.05, 0) is 19.3 Å². The maximum atomic E-state index is 11.3. The molecular weight excluding hydrogens is 356 g/mol. The topological polar surface area (TPSA) is 87.0 Å². The second kappa shape index (κ2) is 21.4. The van der Waals surface area contributed by atoms with Gasteiger partial charge in [-0.1, -0.05) is 86.8 Å². The minimum Gasteiger partial charge on any atom is -0.460 e. The fourth-order valence-electron chi connectivity index (χ4n) is 2.23. The van der Waals surface area contributed by atoms with Crippen molar-refractivity contribution >= 4 is 5.97 Å². The highest BCUT2D eigenvalue weighted by atomic mass is 16.5. The number of esters is 1. The van der Waals surface area contributed by atoms with Crippen LogP contribution in [0.15, 0.2) is 60.8 Å². The third-order valence-corrected chi connectivity index (χ3v) is 3.80. The van der Waals surface area contributed by atoms with Crippen molar-refractivity contribution in [2.45, 2.75) is 57.5 Å². The second-order valence-electron chi connectivity index (χ2n) is 6.40. The van der Waals surface area contributed by atoms with Gasteiger partial charge in [0.25, 0.3) is 0 Å². The highest BCUT2D eigenvalue weighted by Crippen LogP contribution is 2.08. The Kier molecular flexibility index (Phi) is 19.9. The zero-order valence-corrected chi connectivity index (χ0v) is 16.8. The van der Waals surface area contributed by atoms with Crippen LogP contribution in [0.3, 0.4) is 0 Å². The van der Waals surface area contributed by atoms with Crippen molar-refractivity contribution in [1.29, 1.82) is 0 Å². The molecule has 0 spiro atoms. The van der Waals surface area contributed by atoms with E-state index in [2.05, 4.69) is 6.08 Å². The van der Waals surface area contributed by atoms with E-state index in [1.807, 2.05) is 30.4 Å². The molecule has 0 saturated heterocycles. The van der Waals surface area contributed by atoms with Gasteiger partial charge in [0.05, 0.1) is 6.61 Å². The van der Waals surface area contributed by atoms with Crippen LogP contribution in [0.5, 0.6) is 0 Å². The van der Waals surface area contributed by atoms with Crippen LogP contribution in [0.2, 0.25) is 0 Å². The van der Waals surface area contributed by atoms with Crippen molar-refractivity contribution < 1.29 is 24.9 Å². The number of ether oxygens (including phenoxy) is 1. The van der Waals surface area contributed by atoms with E-state index in [1.54, 1.807) is 18.2 Å². The van der Waals surface area contributed by atoms with Crippen LogP contribution in [0.25, 0.3) is 0 Å². The van der Waals surface area contributed by atoms with E-state index in [0.29, 0.717) is 6.61 Å². The summed E-state index contributed by atoms with van der Waals surface area (Å²) in [5.41, 5.74) is 0. The second-order valence-corrected chi connectivity index (χ2v) is 6.40. The number of carbonyl (C=O) groups is 1. The predicted octanol–water partition coefficient (Wildman–Crippen LogP) is 3.78. The number of unbranched alkanes of at least 4 members (excludes halogenated alkanes) is 7. The van der Waals surface area contributed by atoms with Gasteiger partial charge < -0.3 is 20.1 Å². The van der Waals surface area contributed by atoms with Crippen LogP contribution in [-0.4, -0.2) is 47.2 Å². The normalized spacial score (nSPS) is 13.7. The number of aliphatic hydroxyl groups excluding tert-OH is 3. The van der Waals surface area contributed by atoms with Crippen molar-refractivity contribution in [3.05, 3.63) is 60.8 Å². The Morgan fingerprint density at radius 3 is 1.89 bits per heavy atom. The van der Waals surface area contributed by atoms with Gasteiger partial charge in [0.2, 0.25) is 0 Å². The van der Waals surface area contributed by atoms with E-state index in [0.717, 1.165) is 19.3 Å². The third kappa shape index (κ3) is 20.4. The van der Waals surface area contributed by atoms with E-state index in [-0.39, 0.29) is 6.61 Å². The van der Waals surface area contributed by atoms with Crippen molar-refractivity contribution in [3.63, 3.8) is 0 Å². The Labute approximate surface area is 169 Å². The van der Waals surface area contributed by atoms with Gasteiger partial charge >= 0.3 is 5.97 Å². The highest BCUT2D eigenvalue weighted by Gasteiger charge is 2.03. The molecule has 0 aliphatic carbocycles. The monoisotopic (exact) mass is 392 g/mol. The fourth-order valence-corrected chi connectivity index (χ4v) is 2.23. The van der Waals surface area contributed by atoms with Gasteiger partial charge in [0, 0.05) is 12.7 Å². The van der Waals surface area contributed by atoms with Gasteiger partial charge in [-0.15, -0.1) is 0 Å². The number of hydrogen-bond donors (Lipinski definition) is 3. The first-order valence-corrected chi connectivity index (χ1v) is 10.1. The lowest BCUT2D eigenvalue weighted by Crippen LogP contribution is -2.21. The molecule has 0 amide bonds. The SMILES string of the molecule is O=C(C=CC=CC=CC=CC=CCCCCCCCCCO)OC[C@@H](O)CO. The molecule has 0 fully saturated rings. The summed E-state index contributed by atoms with van der Waals surface area (Å²) in [7, 11) is 0. The fraction of sp³-hybridized carbons (Fsp3) is 0.522. The van der Waals surface area contributed by atoms with Crippen molar-refractivity contribution in [1.82, 2.24) is 0 Å². The van der Waals surface area contributed by atoms with Crippen LogP contribution in [0.4, 0.5) is 0 Å². The molecule has 5 nitrogen and oxygen atoms in total. The zero-order chi connectivity index (χ0) is 20.7. The summed E-state index contributed by atoms with van der Waals surface area (Å²) in [6, 6.07) is 0. The smallest absolute Gasteiger partial charge is 0.330 e. The number of rotatable bonds is 17. The number of allylic oxidation sites excluding steroid dienone is 9. The zero-order valence-electron chi connectivity index (χ0n) is 16.8. The molecule has 0 rings (SSSR count). The molecule has 0 unspecified atom stereocenters. The van der Waals surface area contributed by atoms with Crippen molar-refractivity contribution in [2.24, 2.45) is 0 Å². The number of aliphatic hydroxyl groups is 3. The first-order valence-electron chi connectivity index (χ1n) is 10.1. The lowest BCUT2D eigenvalue weighted by Gasteiger charge is -2.05. The molecule has 1 atom stereocenters. The molecule has 0 saturated carbocycles. The van der Waals surface area contributed by atoms with Crippen LogP contribution >= 0.6 is 0 Å². The lowest BCUT2D eigenvalue weighted by molar-refractivity contribution is -0.141. The minimum atomic E-state index is -1.04. The number of carbonyl (C=O) groups excluding carboxylic acids is 1. The Hall–Kier alpha value is -1.95. The van der Waals surface area contributed by atoms with Crippen LogP contribution in [0, 0.1) is 0 Å². The molecule has 0 bridgehead atoms. The van der Waals surface area contributed by atoms with Crippen LogP contribution in [-0.2, 0) is 9.53 Å². The van der Waals surface area contributed by atoms with E-state index in [4.69, 9.17) is 20.1 Å². The van der Waals surface area contributed by atoms with E-state index in [9.17, 15) is 4.79 Å². The van der Waals surface area contributed by atoms with Crippen molar-refractivity contribution in [2.75, 3.05) is 19.8 Å². The van der Waals surface area contributed by atoms with E-state index < -0.39 is 18.7 Å². The summed E-state index contributed by atoms with van der Waals surface area (Å²) in [4.78, 5) is 11.3. The molecule has 3 N–H and O–H groups in total. The van der Waals surface area contributed by atoms with Gasteiger partial charge in [-0.3, -0.25) is 0 Å².